The van der Waals surface area contributed by atoms with E-state index in [0.717, 1.165) is 28.9 Å². The lowest BCUT2D eigenvalue weighted by atomic mass is 9.95. The summed E-state index contributed by atoms with van der Waals surface area (Å²) < 4.78 is 11.8. The fraction of sp³-hybridized carbons (Fsp3) is 0.120. The molecule has 132 valence electrons. The van der Waals surface area contributed by atoms with E-state index in [1.54, 1.807) is 7.11 Å². The van der Waals surface area contributed by atoms with Gasteiger partial charge in [-0.05, 0) is 46.2 Å². The molecular formula is C25H20O2. The summed E-state index contributed by atoms with van der Waals surface area (Å²) in [6.45, 7) is 2.15. The zero-order valence-electron chi connectivity index (χ0n) is 15.5. The molecule has 0 amide bonds. The second-order valence-electron chi connectivity index (χ2n) is 6.78. The SMILES string of the molecule is CCc1oc2ccccc2c2c(-c3ccccc3)c3cc(OC)ccc3c1-2. The third kappa shape index (κ3) is 2.33. The van der Waals surface area contributed by atoms with Crippen molar-refractivity contribution in [1.29, 1.82) is 0 Å². The number of benzene rings is 3. The molecule has 2 aliphatic rings. The number of aryl methyl sites for hydroxylation is 1. The van der Waals surface area contributed by atoms with Gasteiger partial charge in [-0.3, -0.25) is 0 Å². The highest BCUT2D eigenvalue weighted by atomic mass is 16.5. The van der Waals surface area contributed by atoms with Crippen molar-refractivity contribution in [2.75, 3.05) is 7.11 Å². The quantitative estimate of drug-likeness (QED) is 0.351. The van der Waals surface area contributed by atoms with Crippen LogP contribution in [0.1, 0.15) is 12.7 Å². The van der Waals surface area contributed by atoms with Gasteiger partial charge in [-0.25, -0.2) is 0 Å². The molecular weight excluding hydrogens is 332 g/mol. The van der Waals surface area contributed by atoms with Crippen LogP contribution in [0.4, 0.5) is 0 Å². The molecule has 0 saturated carbocycles. The molecule has 0 saturated heterocycles. The van der Waals surface area contributed by atoms with Gasteiger partial charge in [-0.2, -0.15) is 0 Å². The van der Waals surface area contributed by atoms with Gasteiger partial charge in [-0.15, -0.1) is 0 Å². The van der Waals surface area contributed by atoms with Gasteiger partial charge < -0.3 is 9.15 Å². The first-order chi connectivity index (χ1) is 13.3. The normalized spacial score (nSPS) is 11.5. The minimum atomic E-state index is 0.848. The van der Waals surface area contributed by atoms with Crippen molar-refractivity contribution in [3.63, 3.8) is 0 Å². The standard InChI is InChI=1S/C25H20O2/c1-3-21-24-18-14-13-17(26-2)15-20(18)23(16-9-5-4-6-10-16)25(24)19-11-7-8-12-22(19)27-21/h4-15H,3H2,1-2H3. The predicted molar refractivity (Wildman–Crippen MR) is 112 cm³/mol. The lowest BCUT2D eigenvalue weighted by Gasteiger charge is -2.13. The van der Waals surface area contributed by atoms with Crippen molar-refractivity contribution in [2.45, 2.75) is 13.3 Å². The summed E-state index contributed by atoms with van der Waals surface area (Å²) in [6.07, 6.45) is 0.848. The average molecular weight is 352 g/mol. The van der Waals surface area contributed by atoms with E-state index in [1.807, 2.05) is 12.1 Å². The first-order valence-electron chi connectivity index (χ1n) is 9.31. The Morgan fingerprint density at radius 2 is 1.52 bits per heavy atom. The molecule has 0 N–H and O–H groups in total. The maximum atomic E-state index is 6.31. The van der Waals surface area contributed by atoms with E-state index in [9.17, 15) is 0 Å². The van der Waals surface area contributed by atoms with E-state index in [-0.39, 0.29) is 0 Å². The summed E-state index contributed by atoms with van der Waals surface area (Å²) in [6, 6.07) is 25.3. The van der Waals surface area contributed by atoms with Crippen LogP contribution in [-0.2, 0) is 6.42 Å². The molecule has 2 heteroatoms. The van der Waals surface area contributed by atoms with E-state index in [2.05, 4.69) is 67.6 Å². The molecule has 1 aliphatic heterocycles. The van der Waals surface area contributed by atoms with Gasteiger partial charge in [0.05, 0.1) is 7.11 Å². The van der Waals surface area contributed by atoms with Gasteiger partial charge in [0, 0.05) is 22.9 Å². The Morgan fingerprint density at radius 1 is 0.741 bits per heavy atom. The van der Waals surface area contributed by atoms with E-state index in [4.69, 9.17) is 9.15 Å². The number of fused-ring (bicyclic) bond motifs is 5. The summed E-state index contributed by atoms with van der Waals surface area (Å²) in [4.78, 5) is 0. The van der Waals surface area contributed by atoms with Crippen molar-refractivity contribution in [2.24, 2.45) is 0 Å². The topological polar surface area (TPSA) is 22.4 Å². The number of methoxy groups -OCH3 is 1. The molecule has 27 heavy (non-hydrogen) atoms. The Labute approximate surface area is 158 Å². The van der Waals surface area contributed by atoms with E-state index < -0.39 is 0 Å². The van der Waals surface area contributed by atoms with Crippen LogP contribution in [0.2, 0.25) is 0 Å². The van der Waals surface area contributed by atoms with Crippen LogP contribution < -0.4 is 4.74 Å². The van der Waals surface area contributed by atoms with Crippen molar-refractivity contribution in [3.05, 3.63) is 78.6 Å². The highest BCUT2D eigenvalue weighted by molar-refractivity contribution is 6.21. The van der Waals surface area contributed by atoms with E-state index in [1.165, 1.54) is 33.0 Å². The molecule has 3 aromatic carbocycles. The molecule has 2 nitrogen and oxygen atoms in total. The fourth-order valence-corrected chi connectivity index (χ4v) is 4.13. The van der Waals surface area contributed by atoms with Crippen molar-refractivity contribution in [1.82, 2.24) is 0 Å². The maximum absolute atomic E-state index is 6.31. The highest BCUT2D eigenvalue weighted by Gasteiger charge is 2.25. The zero-order valence-corrected chi connectivity index (χ0v) is 15.5. The zero-order chi connectivity index (χ0) is 18.4. The van der Waals surface area contributed by atoms with E-state index in [0.29, 0.717) is 0 Å². The Balaban J connectivity index is 2.06. The predicted octanol–water partition coefficient (Wildman–Crippen LogP) is 6.93. The van der Waals surface area contributed by atoms with Gasteiger partial charge in [0.25, 0.3) is 0 Å². The number of hydrogen-bond donors (Lipinski definition) is 0. The summed E-state index contributed by atoms with van der Waals surface area (Å²) in [5, 5.41) is 3.58. The van der Waals surface area contributed by atoms with Crippen LogP contribution in [0.5, 0.6) is 5.75 Å². The highest BCUT2D eigenvalue weighted by Crippen LogP contribution is 2.50. The first-order valence-corrected chi connectivity index (χ1v) is 9.31. The minimum absolute atomic E-state index is 0.848. The van der Waals surface area contributed by atoms with Crippen LogP contribution in [0.15, 0.2) is 77.2 Å². The average Bonchev–Trinajstić information content (AvgIpc) is 3.08. The van der Waals surface area contributed by atoms with Crippen LogP contribution >= 0.6 is 0 Å². The van der Waals surface area contributed by atoms with Gasteiger partial charge in [0.2, 0.25) is 0 Å². The molecule has 5 rings (SSSR count). The lowest BCUT2D eigenvalue weighted by molar-refractivity contribution is 0.415. The molecule has 0 aromatic heterocycles. The van der Waals surface area contributed by atoms with Gasteiger partial charge in [0.15, 0.2) is 0 Å². The maximum Gasteiger partial charge on any atom is 0.134 e. The minimum Gasteiger partial charge on any atom is -0.497 e. The first kappa shape index (κ1) is 16.0. The van der Waals surface area contributed by atoms with Crippen LogP contribution in [0.3, 0.4) is 0 Å². The smallest absolute Gasteiger partial charge is 0.134 e. The van der Waals surface area contributed by atoms with Crippen LogP contribution in [-0.4, -0.2) is 7.11 Å². The Hall–Kier alpha value is -3.26. The van der Waals surface area contributed by atoms with Crippen molar-refractivity contribution < 1.29 is 9.15 Å². The molecule has 0 spiro atoms. The summed E-state index contributed by atoms with van der Waals surface area (Å²) in [5.74, 6) is 1.90. The van der Waals surface area contributed by atoms with Gasteiger partial charge >= 0.3 is 0 Å². The fourth-order valence-electron chi connectivity index (χ4n) is 4.13. The molecule has 3 aromatic rings. The second-order valence-corrected chi connectivity index (χ2v) is 6.78. The Kier molecular flexibility index (Phi) is 3.64. The second kappa shape index (κ2) is 6.17. The third-order valence-electron chi connectivity index (χ3n) is 5.32. The van der Waals surface area contributed by atoms with E-state index >= 15 is 0 Å². The number of rotatable bonds is 3. The van der Waals surface area contributed by atoms with Crippen molar-refractivity contribution in [3.8, 4) is 28.0 Å². The van der Waals surface area contributed by atoms with Gasteiger partial charge in [0.1, 0.15) is 17.1 Å². The summed E-state index contributed by atoms with van der Waals surface area (Å²) >= 11 is 0. The summed E-state index contributed by atoms with van der Waals surface area (Å²) in [7, 11) is 1.72. The molecule has 0 radical (unpaired) electrons. The lowest BCUT2D eigenvalue weighted by Crippen LogP contribution is -1.90. The number of hydrogen-bond acceptors (Lipinski definition) is 2. The monoisotopic (exact) mass is 352 g/mol. The molecule has 1 heterocycles. The van der Waals surface area contributed by atoms with Crippen molar-refractivity contribution >= 4 is 21.7 Å². The molecule has 0 atom stereocenters. The molecule has 0 unspecified atom stereocenters. The molecule has 0 fully saturated rings. The van der Waals surface area contributed by atoms with Crippen LogP contribution in [0.25, 0.3) is 44.0 Å². The Morgan fingerprint density at radius 3 is 2.30 bits per heavy atom. The van der Waals surface area contributed by atoms with Crippen LogP contribution in [0, 0.1) is 0 Å². The third-order valence-corrected chi connectivity index (χ3v) is 5.32. The largest absolute Gasteiger partial charge is 0.497 e. The number of ether oxygens (including phenoxy) is 1. The molecule has 0 bridgehead atoms. The van der Waals surface area contributed by atoms with Gasteiger partial charge in [-0.1, -0.05) is 55.5 Å². The number of para-hydroxylation sites is 1. The summed E-state index contributed by atoms with van der Waals surface area (Å²) in [5.41, 5.74) is 5.88. The Bertz CT molecular complexity index is 1230. The molecule has 1 aliphatic carbocycles.